The van der Waals surface area contributed by atoms with E-state index >= 15 is 0 Å². The van der Waals surface area contributed by atoms with E-state index in [1.807, 2.05) is 6.92 Å². The van der Waals surface area contributed by atoms with E-state index in [2.05, 4.69) is 34.1 Å². The minimum atomic E-state index is -0.762. The Labute approximate surface area is 177 Å². The maximum atomic E-state index is 11.3. The monoisotopic (exact) mass is 416 g/mol. The molecule has 1 aromatic carbocycles. The topological polar surface area (TPSA) is 59.9 Å². The zero-order valence-corrected chi connectivity index (χ0v) is 18.1. The zero-order chi connectivity index (χ0) is 20.2. The van der Waals surface area contributed by atoms with Gasteiger partial charge < -0.3 is 14.9 Å². The second-order valence-electron chi connectivity index (χ2n) is 8.36. The Morgan fingerprint density at radius 3 is 2.59 bits per heavy atom. The Morgan fingerprint density at radius 2 is 1.90 bits per heavy atom. The number of amides is 1. The van der Waals surface area contributed by atoms with Crippen molar-refractivity contribution in [1.29, 1.82) is 0 Å². The van der Waals surface area contributed by atoms with Crippen LogP contribution in [-0.4, -0.2) is 70.7 Å². The number of nitrogens with zero attached hydrogens (tertiary/aromatic N) is 4. The summed E-state index contributed by atoms with van der Waals surface area (Å²) in [6.45, 7) is 8.00. The minimum absolute atomic E-state index is 0.227. The van der Waals surface area contributed by atoms with Gasteiger partial charge in [0.05, 0.1) is 4.70 Å². The molecule has 7 heteroatoms. The molecule has 1 amide bonds. The van der Waals surface area contributed by atoms with E-state index in [-0.39, 0.29) is 6.04 Å². The summed E-state index contributed by atoms with van der Waals surface area (Å²) in [6, 6.07) is 8.74. The molecule has 0 spiro atoms. The van der Waals surface area contributed by atoms with E-state index in [9.17, 15) is 9.90 Å². The highest BCUT2D eigenvalue weighted by Gasteiger charge is 2.28. The van der Waals surface area contributed by atoms with Gasteiger partial charge in [0.25, 0.3) is 0 Å². The molecular formula is C22H32N4O2S. The third-order valence-electron chi connectivity index (χ3n) is 6.73. The van der Waals surface area contributed by atoms with Crippen LogP contribution in [-0.2, 0) is 0 Å². The summed E-state index contributed by atoms with van der Waals surface area (Å²) in [7, 11) is 0. The number of aromatic nitrogens is 1. The number of hydrogen-bond acceptors (Lipinski definition) is 5. The van der Waals surface area contributed by atoms with E-state index in [4.69, 9.17) is 4.37 Å². The number of carbonyl (C=O) groups is 1. The van der Waals surface area contributed by atoms with Crippen LogP contribution >= 0.6 is 11.5 Å². The Balaban J connectivity index is 1.21. The van der Waals surface area contributed by atoms with Crippen LogP contribution in [0.2, 0.25) is 0 Å². The molecule has 1 saturated heterocycles. The van der Waals surface area contributed by atoms with Gasteiger partial charge in [0, 0.05) is 44.2 Å². The fourth-order valence-electron chi connectivity index (χ4n) is 4.94. The second kappa shape index (κ2) is 9.30. The lowest BCUT2D eigenvalue weighted by molar-refractivity contribution is 0.104. The number of piperazine rings is 1. The third kappa shape index (κ3) is 4.67. The first-order valence-corrected chi connectivity index (χ1v) is 11.7. The molecule has 0 atom stereocenters. The molecule has 1 N–H and O–H groups in total. The summed E-state index contributed by atoms with van der Waals surface area (Å²) in [6.07, 6.45) is 4.86. The van der Waals surface area contributed by atoms with E-state index in [0.717, 1.165) is 57.3 Å². The van der Waals surface area contributed by atoms with Gasteiger partial charge in [-0.1, -0.05) is 12.1 Å². The maximum Gasteiger partial charge on any atom is 0.407 e. The summed E-state index contributed by atoms with van der Waals surface area (Å²) in [4.78, 5) is 18.0. The zero-order valence-electron chi connectivity index (χ0n) is 17.3. The smallest absolute Gasteiger partial charge is 0.407 e. The van der Waals surface area contributed by atoms with Gasteiger partial charge in [-0.05, 0) is 75.2 Å². The predicted octanol–water partition coefficient (Wildman–Crippen LogP) is 4.37. The molecular weight excluding hydrogens is 384 g/mol. The quantitative estimate of drug-likeness (QED) is 0.758. The lowest BCUT2D eigenvalue weighted by Gasteiger charge is -2.37. The standard InChI is InChI=1S/C22H32N4O2S/c1-2-26(22(27)28)18-9-7-17(8-10-18)11-12-24-13-15-25(16-14-24)21-19-5-3-4-6-20(19)29-23-21/h3-6,17-18H,2,7-16H2,1H3,(H,27,28). The highest BCUT2D eigenvalue weighted by molar-refractivity contribution is 7.13. The van der Waals surface area contributed by atoms with Crippen LogP contribution in [0.25, 0.3) is 10.1 Å². The Morgan fingerprint density at radius 1 is 1.17 bits per heavy atom. The van der Waals surface area contributed by atoms with Crippen LogP contribution < -0.4 is 4.90 Å². The van der Waals surface area contributed by atoms with Crippen molar-refractivity contribution in [3.05, 3.63) is 24.3 Å². The van der Waals surface area contributed by atoms with Gasteiger partial charge in [0.1, 0.15) is 5.82 Å². The second-order valence-corrected chi connectivity index (χ2v) is 9.17. The molecule has 2 aromatic rings. The summed E-state index contributed by atoms with van der Waals surface area (Å²) < 4.78 is 5.98. The van der Waals surface area contributed by atoms with Gasteiger partial charge in [-0.2, -0.15) is 4.37 Å². The molecule has 158 valence electrons. The van der Waals surface area contributed by atoms with Crippen molar-refractivity contribution in [3.8, 4) is 0 Å². The Hall–Kier alpha value is -1.86. The number of carboxylic acid groups (broad SMARTS) is 1. The van der Waals surface area contributed by atoms with Crippen LogP contribution in [0.3, 0.4) is 0 Å². The predicted molar refractivity (Wildman–Crippen MR) is 119 cm³/mol. The Kier molecular flexibility index (Phi) is 6.55. The molecule has 6 nitrogen and oxygen atoms in total. The van der Waals surface area contributed by atoms with Gasteiger partial charge in [0.2, 0.25) is 0 Å². The number of benzene rings is 1. The number of anilines is 1. The fourth-order valence-corrected chi connectivity index (χ4v) is 5.74. The highest BCUT2D eigenvalue weighted by Crippen LogP contribution is 2.31. The molecule has 0 unspecified atom stereocenters. The minimum Gasteiger partial charge on any atom is -0.465 e. The van der Waals surface area contributed by atoms with Crippen LogP contribution in [0.4, 0.5) is 10.6 Å². The van der Waals surface area contributed by atoms with Crippen molar-refractivity contribution < 1.29 is 9.90 Å². The molecule has 1 aliphatic carbocycles. The summed E-state index contributed by atoms with van der Waals surface area (Å²) in [5.74, 6) is 1.90. The average Bonchev–Trinajstić information content (AvgIpc) is 3.18. The number of hydrogen-bond donors (Lipinski definition) is 1. The molecule has 2 fully saturated rings. The van der Waals surface area contributed by atoms with Crippen molar-refractivity contribution in [2.24, 2.45) is 5.92 Å². The van der Waals surface area contributed by atoms with E-state index in [1.54, 1.807) is 16.4 Å². The summed E-state index contributed by atoms with van der Waals surface area (Å²) in [5.41, 5.74) is 0. The summed E-state index contributed by atoms with van der Waals surface area (Å²) in [5, 5.41) is 10.6. The van der Waals surface area contributed by atoms with Crippen molar-refractivity contribution >= 4 is 33.5 Å². The summed E-state index contributed by atoms with van der Waals surface area (Å²) >= 11 is 1.60. The fraction of sp³-hybridized carbons (Fsp3) is 0.636. The lowest BCUT2D eigenvalue weighted by atomic mass is 9.83. The van der Waals surface area contributed by atoms with E-state index in [0.29, 0.717) is 6.54 Å². The largest absolute Gasteiger partial charge is 0.465 e. The number of fused-ring (bicyclic) bond motifs is 1. The average molecular weight is 417 g/mol. The molecule has 2 heterocycles. The van der Waals surface area contributed by atoms with Gasteiger partial charge in [0.15, 0.2) is 0 Å². The highest BCUT2D eigenvalue weighted by atomic mass is 32.1. The first kappa shape index (κ1) is 20.4. The molecule has 1 aromatic heterocycles. The van der Waals surface area contributed by atoms with Crippen LogP contribution in [0, 0.1) is 5.92 Å². The SMILES string of the molecule is CCN(C(=O)O)C1CCC(CCN2CCN(c3nsc4ccccc34)CC2)CC1. The van der Waals surface area contributed by atoms with Crippen molar-refractivity contribution in [3.63, 3.8) is 0 Å². The molecule has 4 rings (SSSR count). The molecule has 0 bridgehead atoms. The van der Waals surface area contributed by atoms with Gasteiger partial charge in [-0.25, -0.2) is 4.79 Å². The van der Waals surface area contributed by atoms with Crippen molar-refractivity contribution in [1.82, 2.24) is 14.2 Å². The molecule has 0 radical (unpaired) electrons. The first-order chi connectivity index (χ1) is 14.2. The van der Waals surface area contributed by atoms with Gasteiger partial charge in [-0.3, -0.25) is 4.90 Å². The van der Waals surface area contributed by atoms with Crippen LogP contribution in [0.5, 0.6) is 0 Å². The third-order valence-corrected chi connectivity index (χ3v) is 7.54. The van der Waals surface area contributed by atoms with Crippen LogP contribution in [0.1, 0.15) is 39.0 Å². The van der Waals surface area contributed by atoms with Gasteiger partial charge in [-0.15, -0.1) is 0 Å². The molecule has 1 aliphatic heterocycles. The van der Waals surface area contributed by atoms with E-state index in [1.165, 1.54) is 29.3 Å². The molecule has 1 saturated carbocycles. The Bertz CT molecular complexity index is 810. The normalized spacial score (nSPS) is 23.4. The van der Waals surface area contributed by atoms with Crippen molar-refractivity contribution in [2.45, 2.75) is 45.1 Å². The maximum absolute atomic E-state index is 11.3. The van der Waals surface area contributed by atoms with Crippen molar-refractivity contribution in [2.75, 3.05) is 44.2 Å². The molecule has 2 aliphatic rings. The van der Waals surface area contributed by atoms with Gasteiger partial charge >= 0.3 is 6.09 Å². The van der Waals surface area contributed by atoms with Crippen LogP contribution in [0.15, 0.2) is 24.3 Å². The first-order valence-electron chi connectivity index (χ1n) is 11.0. The lowest BCUT2D eigenvalue weighted by Crippen LogP contribution is -2.47. The number of rotatable bonds is 6. The van der Waals surface area contributed by atoms with E-state index < -0.39 is 6.09 Å². The molecule has 29 heavy (non-hydrogen) atoms.